The molecule has 0 aromatic rings. The van der Waals surface area contributed by atoms with Crippen LogP contribution in [0.3, 0.4) is 0 Å². The second kappa shape index (κ2) is 9.61. The summed E-state index contributed by atoms with van der Waals surface area (Å²) in [6, 6.07) is 0.140. The van der Waals surface area contributed by atoms with Gasteiger partial charge >= 0.3 is 6.09 Å². The van der Waals surface area contributed by atoms with Gasteiger partial charge in [-0.1, -0.05) is 11.6 Å². The lowest BCUT2D eigenvalue weighted by Gasteiger charge is -2.34. The summed E-state index contributed by atoms with van der Waals surface area (Å²) in [5, 5.41) is 3.23. The number of nitrogens with one attached hydrogen (secondary N) is 1. The van der Waals surface area contributed by atoms with Gasteiger partial charge in [-0.3, -0.25) is 9.59 Å². The molecule has 0 bridgehead atoms. The SMILES string of the molecule is CCOC(=O)N1CCC(NC(=O)C2CC23CCN(C(=O)CC2=CCCCC2)CC3)CC1. The van der Waals surface area contributed by atoms with E-state index in [0.717, 1.165) is 58.0 Å². The van der Waals surface area contributed by atoms with Crippen molar-refractivity contribution in [2.45, 2.75) is 77.2 Å². The Labute approximate surface area is 185 Å². The van der Waals surface area contributed by atoms with Crippen LogP contribution < -0.4 is 5.32 Å². The lowest BCUT2D eigenvalue weighted by Crippen LogP contribution is -2.47. The van der Waals surface area contributed by atoms with Gasteiger partial charge in [0, 0.05) is 44.6 Å². The minimum Gasteiger partial charge on any atom is -0.450 e. The largest absolute Gasteiger partial charge is 0.450 e. The smallest absolute Gasteiger partial charge is 0.409 e. The molecule has 4 rings (SSSR count). The van der Waals surface area contributed by atoms with Gasteiger partial charge < -0.3 is 19.9 Å². The van der Waals surface area contributed by atoms with Crippen molar-refractivity contribution in [2.24, 2.45) is 11.3 Å². The summed E-state index contributed by atoms with van der Waals surface area (Å²) < 4.78 is 5.06. The number of likely N-dealkylation sites (tertiary alicyclic amines) is 2. The molecule has 1 atom stereocenters. The van der Waals surface area contributed by atoms with Crippen molar-refractivity contribution in [3.05, 3.63) is 11.6 Å². The number of piperidine rings is 2. The van der Waals surface area contributed by atoms with E-state index in [1.807, 2.05) is 11.8 Å². The molecule has 0 radical (unpaired) electrons. The van der Waals surface area contributed by atoms with E-state index < -0.39 is 0 Å². The van der Waals surface area contributed by atoms with Crippen LogP contribution in [-0.2, 0) is 14.3 Å². The van der Waals surface area contributed by atoms with Crippen LogP contribution in [0.4, 0.5) is 4.79 Å². The van der Waals surface area contributed by atoms with Gasteiger partial charge in [0.15, 0.2) is 0 Å². The first-order valence-electron chi connectivity index (χ1n) is 12.2. The molecule has 7 nitrogen and oxygen atoms in total. The summed E-state index contributed by atoms with van der Waals surface area (Å²) >= 11 is 0. The van der Waals surface area contributed by atoms with Crippen LogP contribution in [-0.4, -0.2) is 66.5 Å². The number of rotatable bonds is 5. The van der Waals surface area contributed by atoms with Crippen molar-refractivity contribution < 1.29 is 19.1 Å². The summed E-state index contributed by atoms with van der Waals surface area (Å²) in [5.74, 6) is 0.522. The van der Waals surface area contributed by atoms with Crippen molar-refractivity contribution in [1.82, 2.24) is 15.1 Å². The van der Waals surface area contributed by atoms with Gasteiger partial charge in [-0.2, -0.15) is 0 Å². The van der Waals surface area contributed by atoms with Gasteiger partial charge in [-0.15, -0.1) is 0 Å². The van der Waals surface area contributed by atoms with Gasteiger partial charge in [0.2, 0.25) is 11.8 Å². The van der Waals surface area contributed by atoms with Crippen molar-refractivity contribution in [1.29, 1.82) is 0 Å². The predicted octanol–water partition coefficient (Wildman–Crippen LogP) is 3.24. The third-order valence-corrected chi connectivity index (χ3v) is 7.75. The molecular formula is C24H37N3O4. The topological polar surface area (TPSA) is 79.0 Å². The average Bonchev–Trinajstić information content (AvgIpc) is 3.49. The first kappa shape index (κ1) is 22.2. The highest BCUT2D eigenvalue weighted by Gasteiger charge is 2.58. The Morgan fingerprint density at radius 3 is 2.48 bits per heavy atom. The maximum absolute atomic E-state index is 12.8. The Morgan fingerprint density at radius 1 is 1.10 bits per heavy atom. The summed E-state index contributed by atoms with van der Waals surface area (Å²) in [7, 11) is 0. The van der Waals surface area contributed by atoms with Crippen molar-refractivity contribution in [3.63, 3.8) is 0 Å². The number of allylic oxidation sites excluding steroid dienone is 1. The summed E-state index contributed by atoms with van der Waals surface area (Å²) in [6.07, 6.45) is 11.6. The first-order chi connectivity index (χ1) is 15.0. The van der Waals surface area contributed by atoms with Crippen molar-refractivity contribution in [2.75, 3.05) is 32.8 Å². The summed E-state index contributed by atoms with van der Waals surface area (Å²) in [4.78, 5) is 41.1. The number of ether oxygens (including phenoxy) is 1. The van der Waals surface area contributed by atoms with Crippen molar-refractivity contribution in [3.8, 4) is 0 Å². The van der Waals surface area contributed by atoms with Crippen LogP contribution in [0.2, 0.25) is 0 Å². The highest BCUT2D eigenvalue weighted by atomic mass is 16.6. The molecule has 2 aliphatic carbocycles. The number of carbonyl (C=O) groups excluding carboxylic acids is 3. The highest BCUT2D eigenvalue weighted by molar-refractivity contribution is 5.83. The van der Waals surface area contributed by atoms with Crippen LogP contribution in [0.15, 0.2) is 11.6 Å². The van der Waals surface area contributed by atoms with Gasteiger partial charge in [0.1, 0.15) is 0 Å². The molecular weight excluding hydrogens is 394 g/mol. The number of carbonyl (C=O) groups is 3. The zero-order valence-corrected chi connectivity index (χ0v) is 18.9. The number of amides is 3. The quantitative estimate of drug-likeness (QED) is 0.678. The second-order valence-corrected chi connectivity index (χ2v) is 9.75. The molecule has 2 aliphatic heterocycles. The van der Waals surface area contributed by atoms with E-state index in [1.165, 1.54) is 18.4 Å². The van der Waals surface area contributed by atoms with E-state index in [-0.39, 0.29) is 35.3 Å². The fourth-order valence-corrected chi connectivity index (χ4v) is 5.57. The Bertz CT molecular complexity index is 718. The molecule has 1 unspecified atom stereocenters. The predicted molar refractivity (Wildman–Crippen MR) is 117 cm³/mol. The van der Waals surface area contributed by atoms with E-state index in [0.29, 0.717) is 26.1 Å². The average molecular weight is 432 g/mol. The molecule has 31 heavy (non-hydrogen) atoms. The van der Waals surface area contributed by atoms with Crippen LogP contribution in [0.5, 0.6) is 0 Å². The Hall–Kier alpha value is -2.05. The lowest BCUT2D eigenvalue weighted by molar-refractivity contribution is -0.132. The molecule has 172 valence electrons. The number of hydrogen-bond acceptors (Lipinski definition) is 4. The van der Waals surface area contributed by atoms with E-state index in [1.54, 1.807) is 4.90 Å². The van der Waals surface area contributed by atoms with E-state index in [4.69, 9.17) is 4.74 Å². The second-order valence-electron chi connectivity index (χ2n) is 9.75. The molecule has 0 aromatic carbocycles. The molecule has 2 heterocycles. The molecule has 1 saturated carbocycles. The monoisotopic (exact) mass is 431 g/mol. The zero-order valence-electron chi connectivity index (χ0n) is 18.9. The third kappa shape index (κ3) is 5.24. The number of nitrogens with zero attached hydrogens (tertiary/aromatic N) is 2. The fraction of sp³-hybridized carbons (Fsp3) is 0.792. The van der Waals surface area contributed by atoms with Crippen LogP contribution in [0.25, 0.3) is 0 Å². The van der Waals surface area contributed by atoms with E-state index >= 15 is 0 Å². The van der Waals surface area contributed by atoms with Crippen LogP contribution >= 0.6 is 0 Å². The minimum absolute atomic E-state index is 0.0916. The zero-order chi connectivity index (χ0) is 21.8. The molecule has 1 N–H and O–H groups in total. The van der Waals surface area contributed by atoms with Crippen LogP contribution in [0, 0.1) is 11.3 Å². The Balaban J connectivity index is 1.18. The first-order valence-corrected chi connectivity index (χ1v) is 12.2. The van der Waals surface area contributed by atoms with Gasteiger partial charge in [-0.05, 0) is 70.1 Å². The minimum atomic E-state index is -0.255. The Kier molecular flexibility index (Phi) is 6.87. The van der Waals surface area contributed by atoms with Gasteiger partial charge in [-0.25, -0.2) is 4.79 Å². The maximum atomic E-state index is 12.8. The van der Waals surface area contributed by atoms with Gasteiger partial charge in [0.05, 0.1) is 6.61 Å². The Morgan fingerprint density at radius 2 is 1.84 bits per heavy atom. The maximum Gasteiger partial charge on any atom is 0.409 e. The molecule has 0 aromatic heterocycles. The summed E-state index contributed by atoms with van der Waals surface area (Å²) in [5.41, 5.74) is 1.42. The number of hydrogen-bond donors (Lipinski definition) is 1. The molecule has 3 fully saturated rings. The van der Waals surface area contributed by atoms with Crippen LogP contribution in [0.1, 0.15) is 71.1 Å². The summed E-state index contributed by atoms with van der Waals surface area (Å²) in [6.45, 7) is 5.03. The normalized spacial score (nSPS) is 25.7. The molecule has 2 saturated heterocycles. The van der Waals surface area contributed by atoms with E-state index in [2.05, 4.69) is 11.4 Å². The molecule has 7 heteroatoms. The highest BCUT2D eigenvalue weighted by Crippen LogP contribution is 2.59. The third-order valence-electron chi connectivity index (χ3n) is 7.75. The lowest BCUT2D eigenvalue weighted by atomic mass is 9.89. The fourth-order valence-electron chi connectivity index (χ4n) is 5.57. The van der Waals surface area contributed by atoms with Gasteiger partial charge in [0.25, 0.3) is 0 Å². The van der Waals surface area contributed by atoms with Crippen molar-refractivity contribution >= 4 is 17.9 Å². The molecule has 3 amide bonds. The van der Waals surface area contributed by atoms with E-state index in [9.17, 15) is 14.4 Å². The molecule has 4 aliphatic rings. The molecule has 1 spiro atoms. The standard InChI is InChI=1S/C24H37N3O4/c1-2-31-23(30)27-12-8-19(9-13-27)25-22(29)20-17-24(20)10-14-26(15-11-24)21(28)16-18-6-4-3-5-7-18/h6,19-20H,2-5,7-17H2,1H3,(H,25,29).